The molecule has 2 heterocycles. The summed E-state index contributed by atoms with van der Waals surface area (Å²) in [5, 5.41) is 4.38. The van der Waals surface area contributed by atoms with Crippen molar-refractivity contribution >= 4 is 11.6 Å². The zero-order chi connectivity index (χ0) is 19.5. The molecule has 1 amide bonds. The van der Waals surface area contributed by atoms with Gasteiger partial charge in [-0.15, -0.1) is 0 Å². The first kappa shape index (κ1) is 17.8. The molecule has 0 radical (unpaired) electrons. The van der Waals surface area contributed by atoms with Gasteiger partial charge in [0.05, 0.1) is 5.69 Å². The lowest BCUT2D eigenvalue weighted by atomic mass is 10.1. The van der Waals surface area contributed by atoms with E-state index in [1.165, 1.54) is 10.7 Å². The van der Waals surface area contributed by atoms with E-state index in [0.29, 0.717) is 23.7 Å². The van der Waals surface area contributed by atoms with Crippen LogP contribution in [0.5, 0.6) is 11.5 Å². The fraction of sp³-hybridized carbons (Fsp3) is 0.190. The number of benzene rings is 2. The van der Waals surface area contributed by atoms with Crippen molar-refractivity contribution in [3.63, 3.8) is 0 Å². The monoisotopic (exact) mass is 377 g/mol. The van der Waals surface area contributed by atoms with Crippen molar-refractivity contribution in [1.29, 1.82) is 0 Å². The van der Waals surface area contributed by atoms with Crippen molar-refractivity contribution in [2.45, 2.75) is 13.5 Å². The molecule has 0 spiro atoms. The second-order valence-electron chi connectivity index (χ2n) is 6.26. The number of hydrogen-bond acceptors (Lipinski definition) is 5. The van der Waals surface area contributed by atoms with Gasteiger partial charge in [-0.25, -0.2) is 4.68 Å². The van der Waals surface area contributed by atoms with E-state index in [2.05, 4.69) is 5.10 Å². The van der Waals surface area contributed by atoms with E-state index in [0.717, 1.165) is 11.3 Å². The van der Waals surface area contributed by atoms with Gasteiger partial charge in [0.2, 0.25) is 12.7 Å². The molecule has 7 nitrogen and oxygen atoms in total. The topological polar surface area (TPSA) is 73.7 Å². The standard InChI is InChI=1S/C21H19N3O4/c1-2-23(16-6-4-3-5-7-16)21(26)13-24-20(25)11-9-17(22-24)15-8-10-18-19(12-15)28-14-27-18/h3-12H,2,13-14H2,1H3. The Morgan fingerprint density at radius 1 is 1.07 bits per heavy atom. The van der Waals surface area contributed by atoms with Crippen LogP contribution in [0, 0.1) is 0 Å². The summed E-state index contributed by atoms with van der Waals surface area (Å²) < 4.78 is 11.9. The molecule has 0 atom stereocenters. The molecule has 3 aromatic rings. The van der Waals surface area contributed by atoms with Crippen LogP contribution in [-0.2, 0) is 11.3 Å². The Bertz CT molecular complexity index is 1060. The van der Waals surface area contributed by atoms with Crippen molar-refractivity contribution in [2.24, 2.45) is 0 Å². The molecule has 2 aromatic carbocycles. The van der Waals surface area contributed by atoms with Gasteiger partial charge in [-0.1, -0.05) is 18.2 Å². The first-order valence-electron chi connectivity index (χ1n) is 8.99. The fourth-order valence-electron chi connectivity index (χ4n) is 3.10. The summed E-state index contributed by atoms with van der Waals surface area (Å²) in [7, 11) is 0. The highest BCUT2D eigenvalue weighted by atomic mass is 16.7. The van der Waals surface area contributed by atoms with Crippen LogP contribution in [-0.4, -0.2) is 29.0 Å². The molecule has 0 saturated carbocycles. The molecule has 0 unspecified atom stereocenters. The van der Waals surface area contributed by atoms with Gasteiger partial charge in [0, 0.05) is 23.9 Å². The van der Waals surface area contributed by atoms with E-state index in [1.54, 1.807) is 17.0 Å². The minimum Gasteiger partial charge on any atom is -0.454 e. The summed E-state index contributed by atoms with van der Waals surface area (Å²) in [5.74, 6) is 1.11. The van der Waals surface area contributed by atoms with Gasteiger partial charge < -0.3 is 14.4 Å². The van der Waals surface area contributed by atoms with Gasteiger partial charge in [-0.2, -0.15) is 5.10 Å². The molecule has 142 valence electrons. The van der Waals surface area contributed by atoms with Crippen LogP contribution in [0.3, 0.4) is 0 Å². The Morgan fingerprint density at radius 3 is 2.64 bits per heavy atom. The molecule has 1 aromatic heterocycles. The number of ether oxygens (including phenoxy) is 2. The van der Waals surface area contributed by atoms with Crippen LogP contribution >= 0.6 is 0 Å². The summed E-state index contributed by atoms with van der Waals surface area (Å²) in [6, 6.07) is 17.9. The third-order valence-electron chi connectivity index (χ3n) is 4.51. The Kier molecular flexibility index (Phi) is 4.80. The molecular weight excluding hydrogens is 358 g/mol. The second-order valence-corrected chi connectivity index (χ2v) is 6.26. The quantitative estimate of drug-likeness (QED) is 0.684. The third-order valence-corrected chi connectivity index (χ3v) is 4.51. The maximum atomic E-state index is 12.8. The Balaban J connectivity index is 1.61. The van der Waals surface area contributed by atoms with E-state index in [9.17, 15) is 9.59 Å². The molecule has 0 saturated heterocycles. The zero-order valence-electron chi connectivity index (χ0n) is 15.4. The van der Waals surface area contributed by atoms with E-state index >= 15 is 0 Å². The predicted octanol–water partition coefficient (Wildman–Crippen LogP) is 2.69. The molecule has 28 heavy (non-hydrogen) atoms. The molecule has 0 fully saturated rings. The first-order valence-corrected chi connectivity index (χ1v) is 8.99. The van der Waals surface area contributed by atoms with Crippen molar-refractivity contribution < 1.29 is 14.3 Å². The number of fused-ring (bicyclic) bond motifs is 1. The number of amides is 1. The second kappa shape index (κ2) is 7.56. The third kappa shape index (κ3) is 3.46. The van der Waals surface area contributed by atoms with Crippen LogP contribution in [0.15, 0.2) is 65.5 Å². The highest BCUT2D eigenvalue weighted by molar-refractivity contribution is 5.93. The van der Waals surface area contributed by atoms with Gasteiger partial charge in [0.15, 0.2) is 11.5 Å². The summed E-state index contributed by atoms with van der Waals surface area (Å²) >= 11 is 0. The molecule has 0 N–H and O–H groups in total. The van der Waals surface area contributed by atoms with Crippen molar-refractivity contribution in [3.05, 3.63) is 71.0 Å². The summed E-state index contributed by atoms with van der Waals surface area (Å²) in [4.78, 5) is 26.7. The minimum absolute atomic E-state index is 0.139. The highest BCUT2D eigenvalue weighted by Gasteiger charge is 2.17. The number of hydrogen-bond donors (Lipinski definition) is 0. The smallest absolute Gasteiger partial charge is 0.267 e. The highest BCUT2D eigenvalue weighted by Crippen LogP contribution is 2.35. The van der Waals surface area contributed by atoms with Gasteiger partial charge in [0.1, 0.15) is 6.54 Å². The fourth-order valence-corrected chi connectivity index (χ4v) is 3.10. The number of likely N-dealkylation sites (N-methyl/N-ethyl adjacent to an activating group) is 1. The maximum Gasteiger partial charge on any atom is 0.267 e. The summed E-state index contributed by atoms with van der Waals surface area (Å²) in [6.45, 7) is 2.44. The number of carbonyl (C=O) groups is 1. The molecular formula is C21H19N3O4. The normalized spacial score (nSPS) is 12.0. The summed E-state index contributed by atoms with van der Waals surface area (Å²) in [5.41, 5.74) is 1.81. The van der Waals surface area contributed by atoms with Gasteiger partial charge in [0.25, 0.3) is 5.56 Å². The van der Waals surface area contributed by atoms with E-state index in [4.69, 9.17) is 9.47 Å². The molecule has 0 aliphatic carbocycles. The minimum atomic E-state index is -0.332. The van der Waals surface area contributed by atoms with Crippen LogP contribution < -0.4 is 19.9 Å². The Morgan fingerprint density at radius 2 is 1.86 bits per heavy atom. The van der Waals surface area contributed by atoms with Gasteiger partial charge in [-0.3, -0.25) is 9.59 Å². The number of anilines is 1. The zero-order valence-corrected chi connectivity index (χ0v) is 15.4. The van der Waals surface area contributed by atoms with Crippen molar-refractivity contribution in [3.8, 4) is 22.8 Å². The van der Waals surface area contributed by atoms with Crippen LogP contribution in [0.2, 0.25) is 0 Å². The van der Waals surface area contributed by atoms with E-state index < -0.39 is 0 Å². The Hall–Kier alpha value is -3.61. The summed E-state index contributed by atoms with van der Waals surface area (Å²) in [6.07, 6.45) is 0. The van der Waals surface area contributed by atoms with Gasteiger partial charge >= 0.3 is 0 Å². The number of para-hydroxylation sites is 1. The van der Waals surface area contributed by atoms with Crippen molar-refractivity contribution in [1.82, 2.24) is 9.78 Å². The lowest BCUT2D eigenvalue weighted by Gasteiger charge is -2.21. The number of carbonyl (C=O) groups excluding carboxylic acids is 1. The molecule has 1 aliphatic rings. The van der Waals surface area contributed by atoms with Crippen molar-refractivity contribution in [2.75, 3.05) is 18.2 Å². The van der Waals surface area contributed by atoms with Crippen LogP contribution in [0.1, 0.15) is 6.92 Å². The maximum absolute atomic E-state index is 12.8. The molecule has 1 aliphatic heterocycles. The van der Waals surface area contributed by atoms with Crippen LogP contribution in [0.25, 0.3) is 11.3 Å². The lowest BCUT2D eigenvalue weighted by Crippen LogP contribution is -2.37. The van der Waals surface area contributed by atoms with E-state index in [1.807, 2.05) is 49.4 Å². The first-order chi connectivity index (χ1) is 13.7. The molecule has 7 heteroatoms. The average Bonchev–Trinajstić information content (AvgIpc) is 3.19. The lowest BCUT2D eigenvalue weighted by molar-refractivity contribution is -0.119. The number of rotatable bonds is 5. The Labute approximate surface area is 161 Å². The largest absolute Gasteiger partial charge is 0.454 e. The average molecular weight is 377 g/mol. The number of aromatic nitrogens is 2. The molecule has 0 bridgehead atoms. The van der Waals surface area contributed by atoms with Gasteiger partial charge in [-0.05, 0) is 43.3 Å². The SMILES string of the molecule is CCN(C(=O)Cn1nc(-c2ccc3c(c2)OCO3)ccc1=O)c1ccccc1. The van der Waals surface area contributed by atoms with E-state index in [-0.39, 0.29) is 24.8 Å². The molecule has 4 rings (SSSR count). The van der Waals surface area contributed by atoms with Crippen LogP contribution in [0.4, 0.5) is 5.69 Å². The predicted molar refractivity (Wildman–Crippen MR) is 105 cm³/mol. The number of nitrogens with zero attached hydrogens (tertiary/aromatic N) is 3.